The molecule has 1 aromatic carbocycles. The molecule has 0 saturated carbocycles. The highest BCUT2D eigenvalue weighted by Crippen LogP contribution is 2.43. The van der Waals surface area contributed by atoms with E-state index in [-0.39, 0.29) is 11.3 Å². The van der Waals surface area contributed by atoms with E-state index in [4.69, 9.17) is 34.8 Å². The molecule has 0 aromatic heterocycles. The van der Waals surface area contributed by atoms with Crippen molar-refractivity contribution in [3.63, 3.8) is 0 Å². The van der Waals surface area contributed by atoms with E-state index in [1.54, 1.807) is 6.07 Å². The maximum Gasteiger partial charge on any atom is 0.387 e. The molecule has 0 saturated heterocycles. The molecule has 0 radical (unpaired) electrons. The van der Waals surface area contributed by atoms with Crippen LogP contribution in [0.3, 0.4) is 0 Å². The smallest absolute Gasteiger partial charge is 0.387 e. The van der Waals surface area contributed by atoms with Crippen molar-refractivity contribution in [3.8, 4) is 5.75 Å². The van der Waals surface area contributed by atoms with Crippen molar-refractivity contribution in [2.75, 3.05) is 0 Å². The van der Waals surface area contributed by atoms with Crippen LogP contribution in [0.25, 0.3) is 0 Å². The van der Waals surface area contributed by atoms with Gasteiger partial charge in [-0.15, -0.1) is 0 Å². The Morgan fingerprint density at radius 2 is 1.71 bits per heavy atom. The van der Waals surface area contributed by atoms with Crippen LogP contribution in [0, 0.1) is 0 Å². The Morgan fingerprint density at radius 3 is 2.21 bits per heavy atom. The van der Waals surface area contributed by atoms with Crippen LogP contribution < -0.4 is 4.74 Å². The lowest BCUT2D eigenvalue weighted by molar-refractivity contribution is -0.0504. The molecule has 14 heavy (non-hydrogen) atoms. The zero-order chi connectivity index (χ0) is 10.8. The van der Waals surface area contributed by atoms with Gasteiger partial charge < -0.3 is 4.74 Å². The molecule has 0 unspecified atom stereocenters. The summed E-state index contributed by atoms with van der Waals surface area (Å²) in [6.07, 6.45) is 0. The molecule has 78 valence electrons. The molecule has 0 aliphatic rings. The lowest BCUT2D eigenvalue weighted by Gasteiger charge is -2.15. The molecule has 1 aromatic rings. The van der Waals surface area contributed by atoms with Crippen molar-refractivity contribution in [2.24, 2.45) is 0 Å². The summed E-state index contributed by atoms with van der Waals surface area (Å²) in [6, 6.07) is 5.79. The van der Waals surface area contributed by atoms with Crippen molar-refractivity contribution in [2.45, 2.75) is 10.4 Å². The summed E-state index contributed by atoms with van der Waals surface area (Å²) in [5.41, 5.74) is 0.0882. The third kappa shape index (κ3) is 3.15. The van der Waals surface area contributed by atoms with Crippen LogP contribution in [0.5, 0.6) is 5.75 Å². The second-order valence-corrected chi connectivity index (χ2v) is 4.65. The van der Waals surface area contributed by atoms with E-state index in [2.05, 4.69) is 4.74 Å². The Kier molecular flexibility index (Phi) is 3.81. The molecular weight excluding hydrogens is 256 g/mol. The minimum absolute atomic E-state index is 0.0882. The van der Waals surface area contributed by atoms with Gasteiger partial charge in [-0.3, -0.25) is 0 Å². The molecule has 0 heterocycles. The van der Waals surface area contributed by atoms with Crippen LogP contribution in [0.2, 0.25) is 0 Å². The summed E-state index contributed by atoms with van der Waals surface area (Å²) in [7, 11) is 0. The fourth-order valence-corrected chi connectivity index (χ4v) is 1.37. The number of ether oxygens (including phenoxy) is 1. The van der Waals surface area contributed by atoms with Gasteiger partial charge in [-0.05, 0) is 6.07 Å². The summed E-state index contributed by atoms with van der Waals surface area (Å²) in [4.78, 5) is 0. The molecule has 1 rings (SSSR count). The van der Waals surface area contributed by atoms with Gasteiger partial charge in [0.1, 0.15) is 5.75 Å². The Bertz CT molecular complexity index is 312. The molecule has 0 bridgehead atoms. The predicted octanol–water partition coefficient (Wildman–Crippen LogP) is 4.11. The molecule has 0 aliphatic heterocycles. The highest BCUT2D eigenvalue weighted by atomic mass is 35.6. The normalized spacial score (nSPS) is 11.9. The average Bonchev–Trinajstić information content (AvgIpc) is 2.01. The van der Waals surface area contributed by atoms with Crippen LogP contribution in [-0.2, 0) is 3.79 Å². The number of para-hydroxylation sites is 1. The second-order valence-electron chi connectivity index (χ2n) is 2.37. The van der Waals surface area contributed by atoms with E-state index in [1.807, 2.05) is 0 Å². The number of hydrogen-bond acceptors (Lipinski definition) is 1. The number of rotatable bonds is 2. The first-order valence-electron chi connectivity index (χ1n) is 3.52. The van der Waals surface area contributed by atoms with Crippen molar-refractivity contribution in [1.82, 2.24) is 0 Å². The largest absolute Gasteiger partial charge is 0.434 e. The summed E-state index contributed by atoms with van der Waals surface area (Å²) in [5.74, 6) is -0.137. The Morgan fingerprint density at radius 1 is 1.14 bits per heavy atom. The molecular formula is C8H5Cl3F2O. The highest BCUT2D eigenvalue weighted by Gasteiger charge is 2.27. The highest BCUT2D eigenvalue weighted by molar-refractivity contribution is 6.66. The van der Waals surface area contributed by atoms with Gasteiger partial charge in [0.2, 0.25) is 3.79 Å². The minimum atomic E-state index is -2.94. The topological polar surface area (TPSA) is 9.23 Å². The van der Waals surface area contributed by atoms with Crippen molar-refractivity contribution in [1.29, 1.82) is 0 Å². The van der Waals surface area contributed by atoms with Crippen LogP contribution in [0.4, 0.5) is 8.78 Å². The van der Waals surface area contributed by atoms with E-state index < -0.39 is 10.4 Å². The average molecular weight is 261 g/mol. The van der Waals surface area contributed by atoms with Gasteiger partial charge in [0.05, 0.1) is 0 Å². The summed E-state index contributed by atoms with van der Waals surface area (Å²) in [5, 5.41) is 0. The fourth-order valence-electron chi connectivity index (χ4n) is 0.900. The Balaban J connectivity index is 3.04. The van der Waals surface area contributed by atoms with Gasteiger partial charge in [0, 0.05) is 5.56 Å². The molecule has 0 atom stereocenters. The molecule has 0 amide bonds. The van der Waals surface area contributed by atoms with Gasteiger partial charge in [-0.2, -0.15) is 8.78 Å². The van der Waals surface area contributed by atoms with Crippen molar-refractivity contribution < 1.29 is 13.5 Å². The Hall–Kier alpha value is -0.250. The molecule has 6 heteroatoms. The summed E-state index contributed by atoms with van der Waals surface area (Å²) >= 11 is 16.7. The zero-order valence-electron chi connectivity index (χ0n) is 6.68. The lowest BCUT2D eigenvalue weighted by atomic mass is 10.2. The Labute approximate surface area is 94.5 Å². The van der Waals surface area contributed by atoms with Crippen molar-refractivity contribution >= 4 is 34.8 Å². The third-order valence-corrected chi connectivity index (χ3v) is 2.02. The van der Waals surface area contributed by atoms with Crippen LogP contribution in [-0.4, -0.2) is 6.61 Å². The number of halogens is 5. The van der Waals surface area contributed by atoms with E-state index in [9.17, 15) is 8.78 Å². The summed E-state index contributed by atoms with van der Waals surface area (Å²) in [6.45, 7) is -2.94. The number of alkyl halides is 5. The minimum Gasteiger partial charge on any atom is -0.434 e. The van der Waals surface area contributed by atoms with Crippen LogP contribution >= 0.6 is 34.8 Å². The van der Waals surface area contributed by atoms with E-state index in [1.165, 1.54) is 18.2 Å². The van der Waals surface area contributed by atoms with Gasteiger partial charge >= 0.3 is 6.61 Å². The maximum atomic E-state index is 11.9. The first-order chi connectivity index (χ1) is 6.41. The van der Waals surface area contributed by atoms with E-state index in [0.717, 1.165) is 0 Å². The lowest BCUT2D eigenvalue weighted by Crippen LogP contribution is -2.08. The fraction of sp³-hybridized carbons (Fsp3) is 0.250. The molecule has 0 spiro atoms. The summed E-state index contributed by atoms with van der Waals surface area (Å²) < 4.78 is 26.3. The SMILES string of the molecule is FC(F)Oc1ccccc1C(Cl)(Cl)Cl. The van der Waals surface area contributed by atoms with Crippen LogP contribution in [0.15, 0.2) is 24.3 Å². The number of hydrogen-bond donors (Lipinski definition) is 0. The monoisotopic (exact) mass is 260 g/mol. The van der Waals surface area contributed by atoms with Crippen molar-refractivity contribution in [3.05, 3.63) is 29.8 Å². The third-order valence-electron chi connectivity index (χ3n) is 1.41. The maximum absolute atomic E-state index is 11.9. The quantitative estimate of drug-likeness (QED) is 0.728. The molecule has 0 aliphatic carbocycles. The predicted molar refractivity (Wildman–Crippen MR) is 52.3 cm³/mol. The number of benzene rings is 1. The first kappa shape index (κ1) is 11.8. The van der Waals surface area contributed by atoms with E-state index in [0.29, 0.717) is 0 Å². The molecule has 1 nitrogen and oxygen atoms in total. The van der Waals surface area contributed by atoms with Gasteiger partial charge in [-0.1, -0.05) is 53.0 Å². The van der Waals surface area contributed by atoms with Crippen LogP contribution in [0.1, 0.15) is 5.56 Å². The molecule has 0 fully saturated rings. The van der Waals surface area contributed by atoms with E-state index >= 15 is 0 Å². The molecule has 0 N–H and O–H groups in total. The zero-order valence-corrected chi connectivity index (χ0v) is 8.95. The second kappa shape index (κ2) is 4.51. The first-order valence-corrected chi connectivity index (χ1v) is 4.65. The van der Waals surface area contributed by atoms with Gasteiger partial charge in [0.25, 0.3) is 0 Å². The van der Waals surface area contributed by atoms with Gasteiger partial charge in [-0.25, -0.2) is 0 Å². The standard InChI is InChI=1S/C8H5Cl3F2O/c9-8(10,11)5-3-1-2-4-6(5)14-7(12)13/h1-4,7H. The van der Waals surface area contributed by atoms with Gasteiger partial charge in [0.15, 0.2) is 0 Å².